The van der Waals surface area contributed by atoms with Gasteiger partial charge in [-0.15, -0.1) is 0 Å². The van der Waals surface area contributed by atoms with Gasteiger partial charge in [0.15, 0.2) is 5.69 Å². The van der Waals surface area contributed by atoms with E-state index >= 15 is 0 Å². The van der Waals surface area contributed by atoms with E-state index in [1.165, 1.54) is 23.7 Å². The van der Waals surface area contributed by atoms with Crippen molar-refractivity contribution in [1.82, 2.24) is 9.88 Å². The van der Waals surface area contributed by atoms with Gasteiger partial charge in [0.05, 0.1) is 7.05 Å². The Morgan fingerprint density at radius 2 is 2.20 bits per heavy atom. The van der Waals surface area contributed by atoms with E-state index in [0.717, 1.165) is 24.6 Å². The van der Waals surface area contributed by atoms with Crippen LogP contribution < -0.4 is 5.32 Å². The minimum Gasteiger partial charge on any atom is -0.358 e. The second-order valence-electron chi connectivity index (χ2n) is 4.74. The zero-order valence-electron chi connectivity index (χ0n) is 11.8. The molecule has 0 aliphatic rings. The van der Waals surface area contributed by atoms with Gasteiger partial charge >= 0.3 is 5.82 Å². The van der Waals surface area contributed by atoms with Crippen LogP contribution in [0.4, 0.5) is 5.82 Å². The summed E-state index contributed by atoms with van der Waals surface area (Å²) in [5.41, 5.74) is 0.311. The van der Waals surface area contributed by atoms with Crippen LogP contribution in [0.1, 0.15) is 36.7 Å². The van der Waals surface area contributed by atoms with E-state index in [1.807, 2.05) is 0 Å². The molecule has 0 saturated carbocycles. The van der Waals surface area contributed by atoms with Gasteiger partial charge in [-0.05, 0) is 29.7 Å². The highest BCUT2D eigenvalue weighted by atomic mass is 79.9. The Morgan fingerprint density at radius 3 is 2.70 bits per heavy atom. The van der Waals surface area contributed by atoms with Crippen molar-refractivity contribution in [1.29, 1.82) is 0 Å². The summed E-state index contributed by atoms with van der Waals surface area (Å²) in [6.07, 6.45) is 3.13. The minimum atomic E-state index is -0.499. The average Bonchev–Trinajstić information content (AvgIpc) is 2.78. The lowest BCUT2D eigenvalue weighted by Gasteiger charge is -2.15. The topological polar surface area (TPSA) is 77.2 Å². The third kappa shape index (κ3) is 4.33. The van der Waals surface area contributed by atoms with Crippen LogP contribution in [0.3, 0.4) is 0 Å². The Kier molecular flexibility index (Phi) is 6.70. The molecule has 1 unspecified atom stereocenters. The molecule has 20 heavy (non-hydrogen) atoms. The number of rotatable bonds is 8. The van der Waals surface area contributed by atoms with Crippen LogP contribution in [-0.4, -0.2) is 27.3 Å². The third-order valence-electron chi connectivity index (χ3n) is 3.28. The molecule has 7 heteroatoms. The van der Waals surface area contributed by atoms with E-state index in [1.54, 1.807) is 0 Å². The number of halogens is 1. The van der Waals surface area contributed by atoms with Crippen LogP contribution >= 0.6 is 15.9 Å². The fourth-order valence-electron chi connectivity index (χ4n) is 2.15. The Morgan fingerprint density at radius 1 is 1.50 bits per heavy atom. The number of carbonyl (C=O) groups is 1. The number of nitrogens with zero attached hydrogens (tertiary/aromatic N) is 2. The SMILES string of the molecule is CCCC(CCBr)CNC(=O)c1ccc([N+](=O)[O-])n1C. The lowest BCUT2D eigenvalue weighted by Crippen LogP contribution is -2.30. The maximum atomic E-state index is 12.0. The summed E-state index contributed by atoms with van der Waals surface area (Å²) in [6.45, 7) is 2.71. The van der Waals surface area contributed by atoms with Gasteiger partial charge in [-0.2, -0.15) is 0 Å². The van der Waals surface area contributed by atoms with Crippen molar-refractivity contribution >= 4 is 27.7 Å². The molecule has 0 aliphatic heterocycles. The van der Waals surface area contributed by atoms with Crippen molar-refractivity contribution in [2.24, 2.45) is 13.0 Å². The van der Waals surface area contributed by atoms with Crippen LogP contribution in [0.2, 0.25) is 0 Å². The van der Waals surface area contributed by atoms with Crippen LogP contribution in [-0.2, 0) is 7.05 Å². The summed E-state index contributed by atoms with van der Waals surface area (Å²) in [7, 11) is 1.52. The van der Waals surface area contributed by atoms with Gasteiger partial charge in [0.1, 0.15) is 0 Å². The number of amides is 1. The molecule has 0 saturated heterocycles. The molecule has 0 spiro atoms. The summed E-state index contributed by atoms with van der Waals surface area (Å²) in [5, 5.41) is 14.5. The molecule has 1 aromatic rings. The van der Waals surface area contributed by atoms with Crippen molar-refractivity contribution in [3.63, 3.8) is 0 Å². The molecule has 1 aromatic heterocycles. The van der Waals surface area contributed by atoms with Gasteiger partial charge in [0, 0.05) is 17.9 Å². The number of aromatic nitrogens is 1. The molecule has 1 atom stereocenters. The molecule has 1 rings (SSSR count). The number of hydrogen-bond acceptors (Lipinski definition) is 3. The van der Waals surface area contributed by atoms with Gasteiger partial charge in [-0.3, -0.25) is 4.79 Å². The lowest BCUT2D eigenvalue weighted by molar-refractivity contribution is -0.391. The third-order valence-corrected chi connectivity index (χ3v) is 3.74. The van der Waals surface area contributed by atoms with Crippen molar-refractivity contribution in [3.8, 4) is 0 Å². The summed E-state index contributed by atoms with van der Waals surface area (Å²) >= 11 is 3.41. The highest BCUT2D eigenvalue weighted by Gasteiger charge is 2.21. The molecule has 1 heterocycles. The monoisotopic (exact) mass is 345 g/mol. The first-order valence-corrected chi connectivity index (χ1v) is 7.77. The molecular formula is C13H20BrN3O3. The lowest BCUT2D eigenvalue weighted by atomic mass is 10.0. The Hall–Kier alpha value is -1.37. The Bertz CT molecular complexity index is 467. The Labute approximate surface area is 126 Å². The van der Waals surface area contributed by atoms with Gasteiger partial charge < -0.3 is 15.4 Å². The molecule has 0 fully saturated rings. The fourth-order valence-corrected chi connectivity index (χ4v) is 2.80. The highest BCUT2D eigenvalue weighted by molar-refractivity contribution is 9.09. The molecule has 6 nitrogen and oxygen atoms in total. The summed E-state index contributed by atoms with van der Waals surface area (Å²) in [4.78, 5) is 22.3. The van der Waals surface area contributed by atoms with Gasteiger partial charge in [-0.25, -0.2) is 4.57 Å². The second kappa shape index (κ2) is 8.04. The summed E-state index contributed by atoms with van der Waals surface area (Å²) < 4.78 is 1.30. The molecule has 0 bridgehead atoms. The minimum absolute atomic E-state index is 0.0827. The van der Waals surface area contributed by atoms with Crippen molar-refractivity contribution < 1.29 is 9.72 Å². The van der Waals surface area contributed by atoms with E-state index in [-0.39, 0.29) is 11.7 Å². The number of carbonyl (C=O) groups excluding carboxylic acids is 1. The first kappa shape index (κ1) is 16.7. The van der Waals surface area contributed by atoms with E-state index in [0.29, 0.717) is 18.2 Å². The summed E-state index contributed by atoms with van der Waals surface area (Å²) in [6, 6.07) is 2.82. The average molecular weight is 346 g/mol. The molecular weight excluding hydrogens is 326 g/mol. The van der Waals surface area contributed by atoms with Crippen LogP contribution in [0.15, 0.2) is 12.1 Å². The zero-order chi connectivity index (χ0) is 15.1. The largest absolute Gasteiger partial charge is 0.358 e. The predicted octanol–water partition coefficient (Wildman–Crippen LogP) is 2.86. The van der Waals surface area contributed by atoms with Crippen LogP contribution in [0.5, 0.6) is 0 Å². The highest BCUT2D eigenvalue weighted by Crippen LogP contribution is 2.16. The second-order valence-corrected chi connectivity index (χ2v) is 5.53. The zero-order valence-corrected chi connectivity index (χ0v) is 13.4. The van der Waals surface area contributed by atoms with E-state index < -0.39 is 4.92 Å². The molecule has 0 aromatic carbocycles. The van der Waals surface area contributed by atoms with Gasteiger partial charge in [-0.1, -0.05) is 29.3 Å². The van der Waals surface area contributed by atoms with E-state index in [9.17, 15) is 14.9 Å². The fraction of sp³-hybridized carbons (Fsp3) is 0.615. The summed E-state index contributed by atoms with van der Waals surface area (Å²) in [5.74, 6) is 0.0792. The normalized spacial score (nSPS) is 12.2. The van der Waals surface area contributed by atoms with Crippen LogP contribution in [0.25, 0.3) is 0 Å². The van der Waals surface area contributed by atoms with Crippen LogP contribution in [0, 0.1) is 16.0 Å². The first-order chi connectivity index (χ1) is 9.51. The predicted molar refractivity (Wildman–Crippen MR) is 81.2 cm³/mol. The standard InChI is InChI=1S/C13H20BrN3O3/c1-3-4-10(7-8-14)9-15-13(18)11-5-6-12(16(11)2)17(19)20/h5-6,10H,3-4,7-9H2,1-2H3,(H,15,18). The molecule has 112 valence electrons. The number of nitro groups is 1. The maximum absolute atomic E-state index is 12.0. The van der Waals surface area contributed by atoms with Gasteiger partial charge in [0.2, 0.25) is 0 Å². The number of alkyl halides is 1. The molecule has 0 aliphatic carbocycles. The molecule has 1 N–H and O–H groups in total. The van der Waals surface area contributed by atoms with Crippen molar-refractivity contribution in [2.45, 2.75) is 26.2 Å². The Balaban J connectivity index is 2.64. The quantitative estimate of drug-likeness (QED) is 0.447. The van der Waals surface area contributed by atoms with Gasteiger partial charge in [0.25, 0.3) is 5.91 Å². The molecule has 0 radical (unpaired) electrons. The number of nitrogens with one attached hydrogen (secondary N) is 1. The first-order valence-electron chi connectivity index (χ1n) is 6.65. The van der Waals surface area contributed by atoms with E-state index in [2.05, 4.69) is 28.2 Å². The maximum Gasteiger partial charge on any atom is 0.323 e. The van der Waals surface area contributed by atoms with E-state index in [4.69, 9.17) is 0 Å². The number of hydrogen-bond donors (Lipinski definition) is 1. The smallest absolute Gasteiger partial charge is 0.323 e. The van der Waals surface area contributed by atoms with Crippen molar-refractivity contribution in [3.05, 3.63) is 27.9 Å². The molecule has 1 amide bonds. The van der Waals surface area contributed by atoms with Crippen molar-refractivity contribution in [2.75, 3.05) is 11.9 Å².